The third kappa shape index (κ3) is 5.87. The van der Waals surface area contributed by atoms with E-state index >= 15 is 0 Å². The summed E-state index contributed by atoms with van der Waals surface area (Å²) in [5.41, 5.74) is 16.3. The van der Waals surface area contributed by atoms with E-state index in [1.165, 1.54) is 89.3 Å². The summed E-state index contributed by atoms with van der Waals surface area (Å²) in [6.45, 7) is 0. The highest BCUT2D eigenvalue weighted by Crippen LogP contribution is 2.66. The third-order valence-corrected chi connectivity index (χ3v) is 19.3. The molecule has 2 heterocycles. The molecule has 10 aromatic carbocycles. The van der Waals surface area contributed by atoms with Crippen LogP contribution in [0.4, 0.5) is 0 Å². The lowest BCUT2D eigenvalue weighted by atomic mass is 9.70. The van der Waals surface area contributed by atoms with Gasteiger partial charge < -0.3 is 5.11 Å². The fraction of sp³-hybridized carbons (Fsp3) is 0.0323. The van der Waals surface area contributed by atoms with E-state index in [0.717, 1.165) is 52.4 Å². The topological polar surface area (TPSA) is 20.2 Å². The van der Waals surface area contributed by atoms with Crippen molar-refractivity contribution in [1.29, 1.82) is 0 Å². The summed E-state index contributed by atoms with van der Waals surface area (Å²) in [7, 11) is 0. The second-order valence-electron chi connectivity index (χ2n) is 18.0. The van der Waals surface area contributed by atoms with Crippen LogP contribution in [-0.2, 0) is 11.0 Å². The van der Waals surface area contributed by atoms with Gasteiger partial charge in [0.15, 0.2) is 0 Å². The molecule has 0 saturated heterocycles. The van der Waals surface area contributed by atoms with E-state index in [2.05, 4.69) is 234 Å². The third-order valence-electron chi connectivity index (χ3n) is 14.6. The summed E-state index contributed by atoms with van der Waals surface area (Å²) < 4.78 is 9.39. The summed E-state index contributed by atoms with van der Waals surface area (Å²) in [5, 5.41) is 17.9. The Morgan fingerprint density at radius 1 is 0.348 bits per heavy atom. The number of halogens is 4. The average Bonchev–Trinajstić information content (AvgIpc) is 4.17. The van der Waals surface area contributed by atoms with E-state index in [4.69, 9.17) is 0 Å². The zero-order valence-corrected chi connectivity index (χ0v) is 44.3. The van der Waals surface area contributed by atoms with Gasteiger partial charge in [0.2, 0.25) is 0 Å². The van der Waals surface area contributed by atoms with Gasteiger partial charge in [0.05, 0.1) is 5.41 Å². The molecule has 15 rings (SSSR count). The van der Waals surface area contributed by atoms with Crippen LogP contribution in [0.15, 0.2) is 218 Å². The fourth-order valence-corrected chi connectivity index (χ4v) is 16.8. The molecule has 1 N–H and O–H groups in total. The van der Waals surface area contributed by atoms with Crippen LogP contribution in [0.25, 0.3) is 84.9 Å². The number of thiophene rings is 2. The number of aliphatic hydroxyl groups is 1. The zero-order chi connectivity index (χ0) is 46.3. The Morgan fingerprint density at radius 3 is 1.39 bits per heavy atom. The first-order valence-electron chi connectivity index (χ1n) is 22.7. The Morgan fingerprint density at radius 2 is 0.797 bits per heavy atom. The molecule has 12 aromatic rings. The van der Waals surface area contributed by atoms with E-state index in [1.807, 2.05) is 41.7 Å². The molecule has 2 aromatic heterocycles. The average molecular weight is 1180 g/mol. The van der Waals surface area contributed by atoms with Crippen LogP contribution in [0.1, 0.15) is 38.9 Å². The molecule has 3 aliphatic carbocycles. The van der Waals surface area contributed by atoms with Crippen LogP contribution in [-0.4, -0.2) is 5.11 Å². The van der Waals surface area contributed by atoms with Gasteiger partial charge in [0.25, 0.3) is 0 Å². The van der Waals surface area contributed by atoms with Crippen LogP contribution in [0, 0.1) is 0 Å². The van der Waals surface area contributed by atoms with Crippen molar-refractivity contribution in [3.63, 3.8) is 0 Å². The van der Waals surface area contributed by atoms with Crippen molar-refractivity contribution < 1.29 is 5.11 Å². The Balaban J connectivity index is 0.000000130. The predicted molar refractivity (Wildman–Crippen MR) is 305 cm³/mol. The van der Waals surface area contributed by atoms with Crippen molar-refractivity contribution in [1.82, 2.24) is 0 Å². The molecule has 0 bridgehead atoms. The van der Waals surface area contributed by atoms with Gasteiger partial charge in [-0.25, -0.2) is 0 Å². The highest BCUT2D eigenvalue weighted by molar-refractivity contribution is 9.11. The minimum Gasteiger partial charge on any atom is -0.376 e. The lowest BCUT2D eigenvalue weighted by Crippen LogP contribution is -2.27. The Hall–Kier alpha value is -5.48. The second kappa shape index (κ2) is 15.8. The van der Waals surface area contributed by atoms with Crippen molar-refractivity contribution in [3.05, 3.63) is 257 Å². The Labute approximate surface area is 440 Å². The van der Waals surface area contributed by atoms with Crippen molar-refractivity contribution in [2.24, 2.45) is 0 Å². The summed E-state index contributed by atoms with van der Waals surface area (Å²) in [6, 6.07) is 71.4. The maximum Gasteiger partial charge on any atom is 0.142 e. The first kappa shape index (κ1) is 42.4. The lowest BCUT2D eigenvalue weighted by Gasteiger charge is -2.30. The quantitative estimate of drug-likeness (QED) is 0.183. The summed E-state index contributed by atoms with van der Waals surface area (Å²) in [6.07, 6.45) is 0. The van der Waals surface area contributed by atoms with Gasteiger partial charge in [0.1, 0.15) is 5.60 Å². The molecule has 1 spiro atoms. The van der Waals surface area contributed by atoms with Gasteiger partial charge in [-0.15, -0.1) is 22.7 Å². The van der Waals surface area contributed by atoms with E-state index in [0.29, 0.717) is 0 Å². The van der Waals surface area contributed by atoms with Crippen LogP contribution >= 0.6 is 86.4 Å². The van der Waals surface area contributed by atoms with E-state index in [1.54, 1.807) is 11.3 Å². The molecule has 1 atom stereocenters. The smallest absolute Gasteiger partial charge is 0.142 e. The highest BCUT2D eigenvalue weighted by atomic mass is 79.9. The Kier molecular flexibility index (Phi) is 9.69. The van der Waals surface area contributed by atoms with Crippen molar-refractivity contribution in [3.8, 4) is 44.5 Å². The number of benzene rings is 10. The summed E-state index contributed by atoms with van der Waals surface area (Å²) in [4.78, 5) is 0. The van der Waals surface area contributed by atoms with Gasteiger partial charge in [-0.05, 0) is 104 Å². The minimum atomic E-state index is -1.30. The highest BCUT2D eigenvalue weighted by Gasteiger charge is 2.53. The SMILES string of the molecule is Brc1ccc2c(c1)C1(c3ccccc3-c3ccccc31)c1cc(Br)c3c(sc4ccccc43)c1-2.OC1(c2ccccc2-c2ccccc2)c2cc(Br)ccc2-c2c1cc(Br)c1c2sc2ccccc21. The fourth-order valence-electron chi connectivity index (χ4n) is 12.0. The molecule has 1 nitrogen and oxygen atoms in total. The first-order chi connectivity index (χ1) is 33.8. The second-order valence-corrected chi connectivity index (χ2v) is 23.7. The number of rotatable bonds is 2. The molecular formula is C62H34Br4OS2. The van der Waals surface area contributed by atoms with Gasteiger partial charge in [-0.2, -0.15) is 0 Å². The summed E-state index contributed by atoms with van der Waals surface area (Å²) in [5.74, 6) is 0. The van der Waals surface area contributed by atoms with E-state index in [-0.39, 0.29) is 5.41 Å². The molecule has 7 heteroatoms. The number of hydrogen-bond donors (Lipinski definition) is 1. The molecule has 0 saturated carbocycles. The largest absolute Gasteiger partial charge is 0.376 e. The van der Waals surface area contributed by atoms with Gasteiger partial charge in [-0.1, -0.05) is 215 Å². The first-order valence-corrected chi connectivity index (χ1v) is 27.5. The molecule has 328 valence electrons. The molecule has 3 aliphatic rings. The maximum atomic E-state index is 12.9. The van der Waals surface area contributed by atoms with Gasteiger partial charge in [0, 0.05) is 86.1 Å². The molecule has 0 aliphatic heterocycles. The lowest BCUT2D eigenvalue weighted by molar-refractivity contribution is 0.131. The molecule has 69 heavy (non-hydrogen) atoms. The molecule has 1 unspecified atom stereocenters. The van der Waals surface area contributed by atoms with Crippen LogP contribution in [0.5, 0.6) is 0 Å². The maximum absolute atomic E-state index is 12.9. The minimum absolute atomic E-state index is 0.325. The molecule has 0 radical (unpaired) electrons. The Bertz CT molecular complexity index is 4120. The zero-order valence-electron chi connectivity index (χ0n) is 36.3. The van der Waals surface area contributed by atoms with Gasteiger partial charge in [-0.3, -0.25) is 0 Å². The predicted octanol–water partition coefficient (Wildman–Crippen LogP) is 19.4. The van der Waals surface area contributed by atoms with Crippen molar-refractivity contribution >= 4 is 127 Å². The van der Waals surface area contributed by atoms with Crippen LogP contribution in [0.3, 0.4) is 0 Å². The van der Waals surface area contributed by atoms with E-state index < -0.39 is 5.60 Å². The van der Waals surface area contributed by atoms with Crippen LogP contribution in [0.2, 0.25) is 0 Å². The molecule has 0 fully saturated rings. The number of hydrogen-bond acceptors (Lipinski definition) is 3. The number of fused-ring (bicyclic) bond motifs is 21. The standard InChI is InChI=1S/C31H18Br2OS.C31H16Br2S/c32-19-14-15-21-24(16-19)31(34,23-12-6-4-10-20(23)18-8-2-1-3-9-18)25-17-26(33)29-22-11-5-7-13-27(22)35-30(29)28(21)25;32-17-13-14-20-24(15-17)31(22-10-4-1-7-18(22)19-8-2-5-11-23(19)31)25-16-26(33)29-21-9-3-6-12-27(21)34-30(29)28(20)25/h1-17,34H;1-16H. The van der Waals surface area contributed by atoms with E-state index in [9.17, 15) is 5.11 Å². The molecule has 0 amide bonds. The summed E-state index contributed by atoms with van der Waals surface area (Å²) >= 11 is 19.1. The van der Waals surface area contributed by atoms with Crippen molar-refractivity contribution in [2.45, 2.75) is 11.0 Å². The van der Waals surface area contributed by atoms with Crippen molar-refractivity contribution in [2.75, 3.05) is 0 Å². The van der Waals surface area contributed by atoms with Gasteiger partial charge >= 0.3 is 0 Å². The monoisotopic (exact) mass is 1170 g/mol. The van der Waals surface area contributed by atoms with Crippen LogP contribution < -0.4 is 0 Å². The normalized spacial score (nSPS) is 15.5. The molecular weight excluding hydrogens is 1140 g/mol.